The molecule has 2 N–H and O–H groups in total. The van der Waals surface area contributed by atoms with Gasteiger partial charge in [0.1, 0.15) is 6.04 Å². The van der Waals surface area contributed by atoms with Gasteiger partial charge in [-0.2, -0.15) is 4.98 Å². The van der Waals surface area contributed by atoms with Crippen LogP contribution in [0, 0.1) is 12.8 Å². The number of urea groups is 1. The Kier molecular flexibility index (Phi) is 5.10. The number of nitrogens with zero attached hydrogens (tertiary/aromatic N) is 2. The van der Waals surface area contributed by atoms with Gasteiger partial charge in [0.15, 0.2) is 11.6 Å². The first kappa shape index (κ1) is 16.7. The van der Waals surface area contributed by atoms with Crippen molar-refractivity contribution >= 4 is 17.5 Å². The number of Topliss-reactive ketones (excluding diaryl/α,β-unsaturated/α-hetero) is 1. The number of anilines is 1. The molecule has 7 heteroatoms. The molecule has 1 heterocycles. The minimum atomic E-state index is -0.403. The van der Waals surface area contributed by atoms with Crippen molar-refractivity contribution in [2.45, 2.75) is 33.7 Å². The molecule has 0 radical (unpaired) electrons. The Morgan fingerprint density at radius 1 is 1.26 bits per heavy atom. The molecule has 0 saturated carbocycles. The second-order valence-corrected chi connectivity index (χ2v) is 5.64. The third kappa shape index (κ3) is 4.38. The maximum Gasteiger partial charge on any atom is 0.319 e. The highest BCUT2D eigenvalue weighted by atomic mass is 16.5. The molecular weight excluding hydrogens is 296 g/mol. The molecule has 1 atom stereocenters. The number of carbonyl (C=O) groups is 2. The molecular formula is C16H20N4O3. The number of rotatable bonds is 5. The molecule has 1 aromatic heterocycles. The fraction of sp³-hybridized carbons (Fsp3) is 0.375. The van der Waals surface area contributed by atoms with Gasteiger partial charge in [0.05, 0.1) is 0 Å². The molecule has 23 heavy (non-hydrogen) atoms. The quantitative estimate of drug-likeness (QED) is 0.826. The third-order valence-electron chi connectivity index (χ3n) is 3.29. The lowest BCUT2D eigenvalue weighted by Gasteiger charge is -2.19. The van der Waals surface area contributed by atoms with Crippen LogP contribution < -0.4 is 10.6 Å². The number of hydrogen-bond donors (Lipinski definition) is 2. The normalized spacial score (nSPS) is 12.0. The summed E-state index contributed by atoms with van der Waals surface area (Å²) in [6.07, 6.45) is 0. The van der Waals surface area contributed by atoms with E-state index < -0.39 is 12.1 Å². The zero-order valence-corrected chi connectivity index (χ0v) is 13.6. The highest BCUT2D eigenvalue weighted by molar-refractivity contribution is 5.96. The number of nitrogens with one attached hydrogen (secondary N) is 2. The Bertz CT molecular complexity index is 709. The van der Waals surface area contributed by atoms with Gasteiger partial charge in [0, 0.05) is 11.3 Å². The summed E-state index contributed by atoms with van der Waals surface area (Å²) in [7, 11) is 0. The first-order valence-corrected chi connectivity index (χ1v) is 7.35. The average Bonchev–Trinajstić information content (AvgIpc) is 2.91. The first-order valence-electron chi connectivity index (χ1n) is 7.35. The molecule has 0 aliphatic rings. The van der Waals surface area contributed by atoms with Gasteiger partial charge in [-0.3, -0.25) is 4.79 Å². The number of aromatic nitrogens is 2. The SMILES string of the molecule is CC(=O)c1cccc(NC(=O)N[C@H](c2nc(C)no2)C(C)C)c1. The number of benzene rings is 1. The van der Waals surface area contributed by atoms with E-state index in [0.717, 1.165) is 0 Å². The Hall–Kier alpha value is -2.70. The van der Waals surface area contributed by atoms with Gasteiger partial charge in [-0.25, -0.2) is 4.79 Å². The van der Waals surface area contributed by atoms with Crippen LogP contribution in [-0.2, 0) is 0 Å². The monoisotopic (exact) mass is 316 g/mol. The fourth-order valence-electron chi connectivity index (χ4n) is 2.08. The molecule has 0 spiro atoms. The lowest BCUT2D eigenvalue weighted by atomic mass is 10.0. The van der Waals surface area contributed by atoms with E-state index in [-0.39, 0.29) is 11.7 Å². The number of hydrogen-bond acceptors (Lipinski definition) is 5. The van der Waals surface area contributed by atoms with E-state index in [1.165, 1.54) is 6.92 Å². The molecule has 0 aliphatic heterocycles. The summed E-state index contributed by atoms with van der Waals surface area (Å²) >= 11 is 0. The molecule has 2 aromatic rings. The Balaban J connectivity index is 2.08. The van der Waals surface area contributed by atoms with E-state index >= 15 is 0 Å². The summed E-state index contributed by atoms with van der Waals surface area (Å²) in [5.74, 6) is 0.895. The average molecular weight is 316 g/mol. The second kappa shape index (κ2) is 7.04. The summed E-state index contributed by atoms with van der Waals surface area (Å²) in [6.45, 7) is 7.09. The summed E-state index contributed by atoms with van der Waals surface area (Å²) < 4.78 is 5.14. The lowest BCUT2D eigenvalue weighted by molar-refractivity contribution is 0.101. The number of amides is 2. The fourth-order valence-corrected chi connectivity index (χ4v) is 2.08. The van der Waals surface area contributed by atoms with E-state index in [1.54, 1.807) is 31.2 Å². The maximum atomic E-state index is 12.2. The van der Waals surface area contributed by atoms with Crippen molar-refractivity contribution in [3.63, 3.8) is 0 Å². The standard InChI is InChI=1S/C16H20N4O3/c1-9(2)14(15-17-11(4)20-23-15)19-16(22)18-13-7-5-6-12(8-13)10(3)21/h5-9,14H,1-4H3,(H2,18,19,22)/t14-/m0/s1. The van der Waals surface area contributed by atoms with Crippen LogP contribution in [0.1, 0.15) is 48.9 Å². The Labute approximate surface area is 134 Å². The highest BCUT2D eigenvalue weighted by Crippen LogP contribution is 2.20. The molecule has 1 aromatic carbocycles. The van der Waals surface area contributed by atoms with E-state index in [1.807, 2.05) is 13.8 Å². The van der Waals surface area contributed by atoms with Gasteiger partial charge >= 0.3 is 6.03 Å². The van der Waals surface area contributed by atoms with E-state index in [4.69, 9.17) is 4.52 Å². The number of ketones is 1. The molecule has 0 aliphatic carbocycles. The van der Waals surface area contributed by atoms with Gasteiger partial charge < -0.3 is 15.2 Å². The summed E-state index contributed by atoms with van der Waals surface area (Å²) in [5.41, 5.74) is 1.08. The molecule has 2 amide bonds. The maximum absolute atomic E-state index is 12.2. The van der Waals surface area contributed by atoms with Crippen LogP contribution in [-0.4, -0.2) is 22.0 Å². The number of carbonyl (C=O) groups excluding carboxylic acids is 2. The highest BCUT2D eigenvalue weighted by Gasteiger charge is 2.24. The van der Waals surface area contributed by atoms with Crippen LogP contribution in [0.5, 0.6) is 0 Å². The third-order valence-corrected chi connectivity index (χ3v) is 3.29. The summed E-state index contributed by atoms with van der Waals surface area (Å²) in [5, 5.41) is 9.27. The van der Waals surface area contributed by atoms with Gasteiger partial charge in [-0.15, -0.1) is 0 Å². The van der Waals surface area contributed by atoms with Crippen molar-refractivity contribution in [3.05, 3.63) is 41.5 Å². The molecule has 7 nitrogen and oxygen atoms in total. The van der Waals surface area contributed by atoms with E-state index in [0.29, 0.717) is 23.0 Å². The smallest absolute Gasteiger partial charge is 0.319 e. The van der Waals surface area contributed by atoms with Crippen molar-refractivity contribution in [3.8, 4) is 0 Å². The lowest BCUT2D eigenvalue weighted by Crippen LogP contribution is -2.35. The molecule has 2 rings (SSSR count). The molecule has 0 fully saturated rings. The van der Waals surface area contributed by atoms with E-state index in [9.17, 15) is 9.59 Å². The largest absolute Gasteiger partial charge is 0.337 e. The van der Waals surface area contributed by atoms with Gasteiger partial charge in [-0.05, 0) is 31.9 Å². The Morgan fingerprint density at radius 2 is 2.00 bits per heavy atom. The predicted octanol–water partition coefficient (Wildman–Crippen LogP) is 3.10. The van der Waals surface area contributed by atoms with Crippen LogP contribution in [0.15, 0.2) is 28.8 Å². The van der Waals surface area contributed by atoms with Crippen LogP contribution >= 0.6 is 0 Å². The van der Waals surface area contributed by atoms with E-state index in [2.05, 4.69) is 20.8 Å². The molecule has 0 bridgehead atoms. The molecule has 0 saturated heterocycles. The summed E-state index contributed by atoms with van der Waals surface area (Å²) in [4.78, 5) is 27.7. The van der Waals surface area contributed by atoms with Crippen molar-refractivity contribution in [2.24, 2.45) is 5.92 Å². The zero-order chi connectivity index (χ0) is 17.0. The van der Waals surface area contributed by atoms with Crippen molar-refractivity contribution in [1.29, 1.82) is 0 Å². The zero-order valence-electron chi connectivity index (χ0n) is 13.6. The Morgan fingerprint density at radius 3 is 2.57 bits per heavy atom. The molecule has 122 valence electrons. The van der Waals surface area contributed by atoms with Crippen LogP contribution in [0.4, 0.5) is 10.5 Å². The minimum absolute atomic E-state index is 0.0598. The van der Waals surface area contributed by atoms with Crippen LogP contribution in [0.25, 0.3) is 0 Å². The summed E-state index contributed by atoms with van der Waals surface area (Å²) in [6, 6.07) is 5.96. The first-order chi connectivity index (χ1) is 10.9. The van der Waals surface area contributed by atoms with Gasteiger partial charge in [-0.1, -0.05) is 31.1 Å². The minimum Gasteiger partial charge on any atom is -0.337 e. The molecule has 0 unspecified atom stereocenters. The van der Waals surface area contributed by atoms with Gasteiger partial charge in [0.2, 0.25) is 5.89 Å². The van der Waals surface area contributed by atoms with Crippen molar-refractivity contribution in [2.75, 3.05) is 5.32 Å². The van der Waals surface area contributed by atoms with Gasteiger partial charge in [0.25, 0.3) is 0 Å². The van der Waals surface area contributed by atoms with Crippen LogP contribution in [0.3, 0.4) is 0 Å². The number of aryl methyl sites for hydroxylation is 1. The second-order valence-electron chi connectivity index (χ2n) is 5.64. The topological polar surface area (TPSA) is 97.1 Å². The predicted molar refractivity (Wildman–Crippen MR) is 85.2 cm³/mol. The van der Waals surface area contributed by atoms with Crippen molar-refractivity contribution < 1.29 is 14.1 Å². The van der Waals surface area contributed by atoms with Crippen molar-refractivity contribution in [1.82, 2.24) is 15.5 Å². The van der Waals surface area contributed by atoms with Crippen LogP contribution in [0.2, 0.25) is 0 Å².